The van der Waals surface area contributed by atoms with Crippen LogP contribution in [0.1, 0.15) is 51.9 Å². The van der Waals surface area contributed by atoms with Crippen LogP contribution in [-0.2, 0) is 14.4 Å². The predicted molar refractivity (Wildman–Crippen MR) is 81.8 cm³/mol. The lowest BCUT2D eigenvalue weighted by atomic mass is 9.81. The van der Waals surface area contributed by atoms with Gasteiger partial charge in [0, 0.05) is 13.1 Å². The number of nitrogens with zero attached hydrogens (tertiary/aromatic N) is 2. The minimum Gasteiger partial charge on any atom is -0.341 e. The van der Waals surface area contributed by atoms with Gasteiger partial charge in [0.1, 0.15) is 6.54 Å². The van der Waals surface area contributed by atoms with Crippen molar-refractivity contribution in [1.29, 1.82) is 0 Å². The first-order valence-corrected chi connectivity index (χ1v) is 8.74. The van der Waals surface area contributed by atoms with Crippen molar-refractivity contribution >= 4 is 17.7 Å². The van der Waals surface area contributed by atoms with Gasteiger partial charge in [0.05, 0.1) is 11.8 Å². The number of hydrogen-bond acceptors (Lipinski definition) is 3. The monoisotopic (exact) mass is 306 g/mol. The number of carbonyl (C=O) groups is 3. The van der Waals surface area contributed by atoms with Gasteiger partial charge >= 0.3 is 0 Å². The molecule has 0 aromatic heterocycles. The van der Waals surface area contributed by atoms with E-state index < -0.39 is 0 Å². The van der Waals surface area contributed by atoms with Crippen molar-refractivity contribution in [3.8, 4) is 0 Å². The first-order valence-electron chi connectivity index (χ1n) is 8.74. The summed E-state index contributed by atoms with van der Waals surface area (Å²) in [5.41, 5.74) is 0. The third-order valence-corrected chi connectivity index (χ3v) is 5.25. The van der Waals surface area contributed by atoms with Crippen molar-refractivity contribution in [1.82, 2.24) is 9.80 Å². The summed E-state index contributed by atoms with van der Waals surface area (Å²) in [4.78, 5) is 40.5. The summed E-state index contributed by atoms with van der Waals surface area (Å²) in [5, 5.41) is 0. The van der Waals surface area contributed by atoms with Crippen molar-refractivity contribution in [3.05, 3.63) is 0 Å². The molecule has 3 fully saturated rings. The van der Waals surface area contributed by atoms with Gasteiger partial charge in [0.2, 0.25) is 17.7 Å². The second-order valence-corrected chi connectivity index (χ2v) is 7.04. The average molecular weight is 306 g/mol. The summed E-state index contributed by atoms with van der Waals surface area (Å²) in [5.74, 6) is 0.0446. The molecule has 5 nitrogen and oxygen atoms in total. The Hall–Kier alpha value is -1.39. The smallest absolute Gasteiger partial charge is 0.242 e. The molecule has 0 bridgehead atoms. The van der Waals surface area contributed by atoms with Gasteiger partial charge < -0.3 is 4.90 Å². The molecule has 2 unspecified atom stereocenters. The van der Waals surface area contributed by atoms with Crippen molar-refractivity contribution in [2.45, 2.75) is 51.9 Å². The second-order valence-electron chi connectivity index (χ2n) is 7.04. The van der Waals surface area contributed by atoms with Crippen LogP contribution in [0, 0.1) is 17.8 Å². The fourth-order valence-corrected chi connectivity index (χ4v) is 3.82. The molecule has 0 N–H and O–H groups in total. The Morgan fingerprint density at radius 3 is 2.18 bits per heavy atom. The maximum atomic E-state index is 12.5. The van der Waals surface area contributed by atoms with E-state index in [1.165, 1.54) is 17.7 Å². The van der Waals surface area contributed by atoms with E-state index in [-0.39, 0.29) is 36.1 Å². The van der Waals surface area contributed by atoms with E-state index in [4.69, 9.17) is 0 Å². The molecule has 2 saturated carbocycles. The summed E-state index contributed by atoms with van der Waals surface area (Å²) < 4.78 is 0. The molecular formula is C17H26N2O3. The van der Waals surface area contributed by atoms with E-state index in [0.717, 1.165) is 45.2 Å². The molecular weight excluding hydrogens is 280 g/mol. The number of imide groups is 1. The number of likely N-dealkylation sites (tertiary alicyclic amines) is 1. The summed E-state index contributed by atoms with van der Waals surface area (Å²) in [7, 11) is 0. The lowest BCUT2D eigenvalue weighted by Crippen LogP contribution is -2.44. The van der Waals surface area contributed by atoms with E-state index in [2.05, 4.69) is 0 Å². The lowest BCUT2D eigenvalue weighted by molar-refractivity contribution is -0.146. The Bertz CT molecular complexity index is 449. The third kappa shape index (κ3) is 3.03. The standard InChI is InChI=1S/C17H26N2O3/c1-2-9-18(10-12-7-8-12)15(20)11-19-16(21)13-5-3-4-6-14(13)17(19)22/h12-14H,2-11H2,1H3. The SMILES string of the molecule is CCCN(CC1CC1)C(=O)CN1C(=O)C2CCCCC2C1=O. The van der Waals surface area contributed by atoms with Crippen LogP contribution < -0.4 is 0 Å². The minimum atomic E-state index is -0.155. The highest BCUT2D eigenvalue weighted by Crippen LogP contribution is 2.38. The maximum Gasteiger partial charge on any atom is 0.242 e. The van der Waals surface area contributed by atoms with Gasteiger partial charge in [-0.15, -0.1) is 0 Å². The van der Waals surface area contributed by atoms with Crippen molar-refractivity contribution < 1.29 is 14.4 Å². The Morgan fingerprint density at radius 1 is 1.09 bits per heavy atom. The van der Waals surface area contributed by atoms with Crippen LogP contribution in [0.15, 0.2) is 0 Å². The summed E-state index contributed by atoms with van der Waals surface area (Å²) in [6.07, 6.45) is 6.95. The largest absolute Gasteiger partial charge is 0.341 e. The summed E-state index contributed by atoms with van der Waals surface area (Å²) in [6.45, 7) is 3.51. The van der Waals surface area contributed by atoms with E-state index in [1.54, 1.807) is 0 Å². The zero-order chi connectivity index (χ0) is 15.7. The van der Waals surface area contributed by atoms with Gasteiger partial charge in [-0.1, -0.05) is 19.8 Å². The molecule has 1 aliphatic heterocycles. The van der Waals surface area contributed by atoms with E-state index in [1.807, 2.05) is 11.8 Å². The fraction of sp³-hybridized carbons (Fsp3) is 0.824. The Morgan fingerprint density at radius 2 is 1.68 bits per heavy atom. The van der Waals surface area contributed by atoms with Crippen LogP contribution in [0.3, 0.4) is 0 Å². The van der Waals surface area contributed by atoms with Crippen LogP contribution in [0.25, 0.3) is 0 Å². The maximum absolute atomic E-state index is 12.5. The quantitative estimate of drug-likeness (QED) is 0.703. The van der Waals surface area contributed by atoms with Crippen LogP contribution in [0.4, 0.5) is 0 Å². The molecule has 122 valence electrons. The second kappa shape index (κ2) is 6.39. The van der Waals surface area contributed by atoms with Crippen LogP contribution in [0.2, 0.25) is 0 Å². The molecule has 5 heteroatoms. The first kappa shape index (κ1) is 15.5. The molecule has 2 aliphatic carbocycles. The third-order valence-electron chi connectivity index (χ3n) is 5.25. The van der Waals surface area contributed by atoms with Crippen molar-refractivity contribution in [2.24, 2.45) is 17.8 Å². The molecule has 3 rings (SSSR count). The van der Waals surface area contributed by atoms with Gasteiger partial charge in [0.15, 0.2) is 0 Å². The van der Waals surface area contributed by atoms with Gasteiger partial charge in [-0.25, -0.2) is 0 Å². The molecule has 0 radical (unpaired) electrons. The van der Waals surface area contributed by atoms with Crippen LogP contribution >= 0.6 is 0 Å². The zero-order valence-corrected chi connectivity index (χ0v) is 13.4. The molecule has 1 saturated heterocycles. The number of carbonyl (C=O) groups excluding carboxylic acids is 3. The van der Waals surface area contributed by atoms with Crippen LogP contribution in [-0.4, -0.2) is 47.2 Å². The van der Waals surface area contributed by atoms with Crippen LogP contribution in [0.5, 0.6) is 0 Å². The van der Waals surface area contributed by atoms with E-state index in [9.17, 15) is 14.4 Å². The highest BCUT2D eigenvalue weighted by Gasteiger charge is 2.48. The number of amides is 3. The molecule has 0 aromatic rings. The van der Waals surface area contributed by atoms with E-state index in [0.29, 0.717) is 5.92 Å². The normalized spacial score (nSPS) is 28.0. The van der Waals surface area contributed by atoms with Gasteiger partial charge in [0.25, 0.3) is 0 Å². The lowest BCUT2D eigenvalue weighted by Gasteiger charge is -2.24. The molecule has 3 aliphatic rings. The fourth-order valence-electron chi connectivity index (χ4n) is 3.82. The first-order chi connectivity index (χ1) is 10.6. The number of rotatable bonds is 6. The molecule has 2 atom stereocenters. The Labute approximate surface area is 132 Å². The summed E-state index contributed by atoms with van der Waals surface area (Å²) in [6, 6.07) is 0. The highest BCUT2D eigenvalue weighted by molar-refractivity contribution is 6.07. The zero-order valence-electron chi connectivity index (χ0n) is 13.4. The highest BCUT2D eigenvalue weighted by atomic mass is 16.2. The van der Waals surface area contributed by atoms with Crippen molar-refractivity contribution in [3.63, 3.8) is 0 Å². The average Bonchev–Trinajstić information content (AvgIpc) is 3.31. The molecule has 22 heavy (non-hydrogen) atoms. The van der Waals surface area contributed by atoms with Gasteiger partial charge in [-0.3, -0.25) is 19.3 Å². The molecule has 0 aromatic carbocycles. The Kier molecular flexibility index (Phi) is 4.50. The topological polar surface area (TPSA) is 57.7 Å². The number of fused-ring (bicyclic) bond motifs is 1. The van der Waals surface area contributed by atoms with Gasteiger partial charge in [-0.05, 0) is 38.0 Å². The minimum absolute atomic E-state index is 0.0443. The van der Waals surface area contributed by atoms with Crippen molar-refractivity contribution in [2.75, 3.05) is 19.6 Å². The molecule has 3 amide bonds. The Balaban J connectivity index is 1.64. The molecule has 1 heterocycles. The van der Waals surface area contributed by atoms with E-state index >= 15 is 0 Å². The number of hydrogen-bond donors (Lipinski definition) is 0. The summed E-state index contributed by atoms with van der Waals surface area (Å²) >= 11 is 0. The van der Waals surface area contributed by atoms with Gasteiger partial charge in [-0.2, -0.15) is 0 Å². The predicted octanol–water partition coefficient (Wildman–Crippen LogP) is 1.81. The molecule has 0 spiro atoms.